The van der Waals surface area contributed by atoms with Crippen LogP contribution in [0.5, 0.6) is 5.75 Å². The van der Waals surface area contributed by atoms with Crippen LogP contribution in [0.3, 0.4) is 0 Å². The van der Waals surface area contributed by atoms with E-state index in [-0.39, 0.29) is 0 Å². The molecule has 0 spiro atoms. The third-order valence-corrected chi connectivity index (χ3v) is 4.12. The molecule has 110 valence electrons. The zero-order chi connectivity index (χ0) is 14.5. The normalized spacial score (nSPS) is 14.1. The maximum atomic E-state index is 5.37. The highest BCUT2D eigenvalue weighted by molar-refractivity contribution is 5.33. The van der Waals surface area contributed by atoms with E-state index in [1.165, 1.54) is 29.5 Å². The molecule has 1 aliphatic carbocycles. The van der Waals surface area contributed by atoms with Crippen molar-refractivity contribution in [2.75, 3.05) is 13.7 Å². The van der Waals surface area contributed by atoms with Gasteiger partial charge in [-0.1, -0.05) is 42.5 Å². The summed E-state index contributed by atoms with van der Waals surface area (Å²) >= 11 is 0. The molecule has 1 fully saturated rings. The maximum absolute atomic E-state index is 5.37. The molecule has 2 nitrogen and oxygen atoms in total. The summed E-state index contributed by atoms with van der Waals surface area (Å²) in [5.41, 5.74) is 4.13. The summed E-state index contributed by atoms with van der Waals surface area (Å²) in [6.45, 7) is 1.89. The molecule has 0 aromatic heterocycles. The number of ether oxygens (including phenoxy) is 1. The number of methoxy groups -OCH3 is 1. The minimum Gasteiger partial charge on any atom is -0.496 e. The molecule has 2 aromatic rings. The lowest BCUT2D eigenvalue weighted by atomic mass is 10.1. The number of benzene rings is 2. The molecule has 0 bridgehead atoms. The fourth-order valence-corrected chi connectivity index (χ4v) is 2.69. The number of nitrogens with one attached hydrogen (secondary N) is 1. The Morgan fingerprint density at radius 2 is 1.81 bits per heavy atom. The number of hydrogen-bond acceptors (Lipinski definition) is 2. The van der Waals surface area contributed by atoms with Gasteiger partial charge < -0.3 is 10.1 Å². The molecule has 0 heterocycles. The number of rotatable bonds is 7. The third-order valence-electron chi connectivity index (χ3n) is 4.12. The lowest BCUT2D eigenvalue weighted by Gasteiger charge is -2.09. The van der Waals surface area contributed by atoms with Crippen molar-refractivity contribution >= 4 is 0 Å². The smallest absolute Gasteiger partial charge is 0.122 e. The Morgan fingerprint density at radius 3 is 2.52 bits per heavy atom. The average Bonchev–Trinajstić information content (AvgIpc) is 3.37. The van der Waals surface area contributed by atoms with Crippen molar-refractivity contribution in [2.45, 2.75) is 31.7 Å². The Bertz CT molecular complexity index is 572. The minimum absolute atomic E-state index is 0.845. The first-order valence-electron chi connectivity index (χ1n) is 7.78. The van der Waals surface area contributed by atoms with Crippen LogP contribution in [0, 0.1) is 0 Å². The van der Waals surface area contributed by atoms with E-state index < -0.39 is 0 Å². The number of para-hydroxylation sites is 1. The van der Waals surface area contributed by atoms with Crippen molar-refractivity contribution in [3.05, 3.63) is 65.2 Å². The Balaban J connectivity index is 1.45. The predicted molar refractivity (Wildman–Crippen MR) is 86.8 cm³/mol. The minimum atomic E-state index is 0.845. The second-order valence-electron chi connectivity index (χ2n) is 5.75. The summed E-state index contributed by atoms with van der Waals surface area (Å²) in [5.74, 6) is 1.82. The van der Waals surface area contributed by atoms with Gasteiger partial charge in [-0.15, -0.1) is 0 Å². The monoisotopic (exact) mass is 281 g/mol. The van der Waals surface area contributed by atoms with Gasteiger partial charge in [0.25, 0.3) is 0 Å². The SMILES string of the molecule is COc1ccccc1CCNCc1ccc(C2CC2)cc1. The molecular formula is C19H23NO. The number of hydrogen-bond donors (Lipinski definition) is 1. The zero-order valence-electron chi connectivity index (χ0n) is 12.6. The van der Waals surface area contributed by atoms with Crippen LogP contribution in [-0.2, 0) is 13.0 Å². The van der Waals surface area contributed by atoms with Crippen molar-refractivity contribution < 1.29 is 4.74 Å². The highest BCUT2D eigenvalue weighted by Gasteiger charge is 2.22. The molecule has 0 unspecified atom stereocenters. The molecule has 0 amide bonds. The summed E-state index contributed by atoms with van der Waals surface area (Å²) in [4.78, 5) is 0. The first kappa shape index (κ1) is 14.2. The molecule has 0 radical (unpaired) electrons. The molecule has 3 rings (SSSR count). The standard InChI is InChI=1S/C19H23NO/c1-21-19-5-3-2-4-18(19)12-13-20-14-15-6-8-16(9-7-15)17-10-11-17/h2-9,17,20H,10-14H2,1H3. The van der Waals surface area contributed by atoms with Crippen molar-refractivity contribution in [3.63, 3.8) is 0 Å². The molecular weight excluding hydrogens is 258 g/mol. The van der Waals surface area contributed by atoms with E-state index in [0.29, 0.717) is 0 Å². The van der Waals surface area contributed by atoms with Gasteiger partial charge in [-0.05, 0) is 54.5 Å². The van der Waals surface area contributed by atoms with E-state index in [1.807, 2.05) is 12.1 Å². The second kappa shape index (κ2) is 6.77. The molecule has 2 heteroatoms. The van der Waals surface area contributed by atoms with Gasteiger partial charge in [-0.25, -0.2) is 0 Å². The Morgan fingerprint density at radius 1 is 1.05 bits per heavy atom. The Hall–Kier alpha value is -1.80. The lowest BCUT2D eigenvalue weighted by Crippen LogP contribution is -2.16. The van der Waals surface area contributed by atoms with Crippen LogP contribution >= 0.6 is 0 Å². The van der Waals surface area contributed by atoms with Crippen LogP contribution in [0.1, 0.15) is 35.4 Å². The van der Waals surface area contributed by atoms with Crippen molar-refractivity contribution in [3.8, 4) is 5.75 Å². The quantitative estimate of drug-likeness (QED) is 0.777. The second-order valence-corrected chi connectivity index (χ2v) is 5.75. The summed E-state index contributed by atoms with van der Waals surface area (Å²) in [6.07, 6.45) is 3.73. The van der Waals surface area contributed by atoms with Gasteiger partial charge in [-0.2, -0.15) is 0 Å². The van der Waals surface area contributed by atoms with Crippen LogP contribution in [0.4, 0.5) is 0 Å². The van der Waals surface area contributed by atoms with Gasteiger partial charge in [0, 0.05) is 6.54 Å². The van der Waals surface area contributed by atoms with Crippen LogP contribution in [0.2, 0.25) is 0 Å². The Labute approximate surface area is 127 Å². The molecule has 21 heavy (non-hydrogen) atoms. The van der Waals surface area contributed by atoms with E-state index in [2.05, 4.69) is 41.7 Å². The van der Waals surface area contributed by atoms with Crippen LogP contribution in [-0.4, -0.2) is 13.7 Å². The summed E-state index contributed by atoms with van der Waals surface area (Å²) in [6, 6.07) is 17.3. The van der Waals surface area contributed by atoms with Crippen LogP contribution in [0.25, 0.3) is 0 Å². The average molecular weight is 281 g/mol. The van der Waals surface area contributed by atoms with E-state index in [0.717, 1.165) is 31.2 Å². The summed E-state index contributed by atoms with van der Waals surface area (Å²) in [5, 5.41) is 3.51. The van der Waals surface area contributed by atoms with Crippen LogP contribution < -0.4 is 10.1 Å². The third kappa shape index (κ3) is 3.85. The summed E-state index contributed by atoms with van der Waals surface area (Å²) < 4.78 is 5.37. The van der Waals surface area contributed by atoms with Crippen LogP contribution in [0.15, 0.2) is 48.5 Å². The van der Waals surface area contributed by atoms with E-state index in [9.17, 15) is 0 Å². The molecule has 0 atom stereocenters. The molecule has 1 saturated carbocycles. The van der Waals surface area contributed by atoms with Gasteiger partial charge in [0.1, 0.15) is 5.75 Å². The maximum Gasteiger partial charge on any atom is 0.122 e. The molecule has 1 N–H and O–H groups in total. The van der Waals surface area contributed by atoms with Gasteiger partial charge in [-0.3, -0.25) is 0 Å². The largest absolute Gasteiger partial charge is 0.496 e. The lowest BCUT2D eigenvalue weighted by molar-refractivity contribution is 0.409. The highest BCUT2D eigenvalue weighted by atomic mass is 16.5. The first-order valence-corrected chi connectivity index (χ1v) is 7.78. The zero-order valence-corrected chi connectivity index (χ0v) is 12.6. The summed E-state index contributed by atoms with van der Waals surface area (Å²) in [7, 11) is 1.73. The van der Waals surface area contributed by atoms with Crippen molar-refractivity contribution in [1.29, 1.82) is 0 Å². The van der Waals surface area contributed by atoms with Crippen molar-refractivity contribution in [2.24, 2.45) is 0 Å². The Kier molecular flexibility index (Phi) is 4.56. The van der Waals surface area contributed by atoms with E-state index in [1.54, 1.807) is 7.11 Å². The van der Waals surface area contributed by atoms with E-state index in [4.69, 9.17) is 4.74 Å². The molecule has 0 aliphatic heterocycles. The van der Waals surface area contributed by atoms with E-state index >= 15 is 0 Å². The van der Waals surface area contributed by atoms with Crippen molar-refractivity contribution in [1.82, 2.24) is 5.32 Å². The van der Waals surface area contributed by atoms with Gasteiger partial charge >= 0.3 is 0 Å². The van der Waals surface area contributed by atoms with Gasteiger partial charge in [0.05, 0.1) is 7.11 Å². The molecule has 1 aliphatic rings. The molecule has 2 aromatic carbocycles. The predicted octanol–water partition coefficient (Wildman–Crippen LogP) is 3.90. The molecule has 0 saturated heterocycles. The van der Waals surface area contributed by atoms with Gasteiger partial charge in [0.15, 0.2) is 0 Å². The van der Waals surface area contributed by atoms with Gasteiger partial charge in [0.2, 0.25) is 0 Å². The first-order chi connectivity index (χ1) is 10.4. The fraction of sp³-hybridized carbons (Fsp3) is 0.368. The highest BCUT2D eigenvalue weighted by Crippen LogP contribution is 2.39. The fourth-order valence-electron chi connectivity index (χ4n) is 2.69. The topological polar surface area (TPSA) is 21.3 Å².